The molecule has 0 aliphatic heterocycles. The number of rotatable bonds is 4. The minimum Gasteiger partial charge on any atom is -0.497 e. The highest BCUT2D eigenvalue weighted by atomic mass is 32.1. The van der Waals surface area contributed by atoms with Gasteiger partial charge in [-0.2, -0.15) is 0 Å². The zero-order valence-electron chi connectivity index (χ0n) is 14.4. The number of ether oxygens (including phenoxy) is 1. The monoisotopic (exact) mass is 369 g/mol. The molecular formula is C19H19N3O3S. The van der Waals surface area contributed by atoms with E-state index in [0.29, 0.717) is 16.4 Å². The summed E-state index contributed by atoms with van der Waals surface area (Å²) in [5.74, 6) is 0.365. The topological polar surface area (TPSA) is 72.7 Å². The Hall–Kier alpha value is -2.67. The van der Waals surface area contributed by atoms with Gasteiger partial charge in [0.15, 0.2) is 4.96 Å². The minimum absolute atomic E-state index is 0.0805. The van der Waals surface area contributed by atoms with Crippen LogP contribution in [0.25, 0.3) is 16.2 Å². The Morgan fingerprint density at radius 2 is 2.15 bits per heavy atom. The molecule has 7 heteroatoms. The second kappa shape index (κ2) is 6.92. The first kappa shape index (κ1) is 16.8. The van der Waals surface area contributed by atoms with Crippen LogP contribution in [-0.2, 0) is 0 Å². The predicted molar refractivity (Wildman–Crippen MR) is 101 cm³/mol. The number of nitrogens with one attached hydrogen (secondary N) is 1. The van der Waals surface area contributed by atoms with Crippen molar-refractivity contribution >= 4 is 22.2 Å². The molecular weight excluding hydrogens is 350 g/mol. The van der Waals surface area contributed by atoms with E-state index in [2.05, 4.69) is 10.3 Å². The molecule has 0 unspecified atom stereocenters. The summed E-state index contributed by atoms with van der Waals surface area (Å²) < 4.78 is 6.77. The number of amides is 1. The van der Waals surface area contributed by atoms with Crippen LogP contribution in [0.2, 0.25) is 0 Å². The lowest BCUT2D eigenvalue weighted by molar-refractivity contribution is 0.0936. The van der Waals surface area contributed by atoms with Crippen molar-refractivity contribution in [3.8, 4) is 17.0 Å². The van der Waals surface area contributed by atoms with E-state index in [0.717, 1.165) is 31.2 Å². The van der Waals surface area contributed by atoms with Gasteiger partial charge in [-0.15, -0.1) is 11.3 Å². The number of benzene rings is 1. The van der Waals surface area contributed by atoms with Gasteiger partial charge >= 0.3 is 0 Å². The molecule has 134 valence electrons. The number of aromatic nitrogens is 2. The van der Waals surface area contributed by atoms with Gasteiger partial charge in [0.1, 0.15) is 11.3 Å². The largest absolute Gasteiger partial charge is 0.497 e. The highest BCUT2D eigenvalue weighted by Gasteiger charge is 2.21. The third kappa shape index (κ3) is 2.99. The molecule has 4 rings (SSSR count). The van der Waals surface area contributed by atoms with Crippen molar-refractivity contribution in [2.75, 3.05) is 7.11 Å². The number of carbonyl (C=O) groups excluding carboxylic acids is 1. The summed E-state index contributed by atoms with van der Waals surface area (Å²) in [6.45, 7) is 0. The molecule has 1 aliphatic rings. The van der Waals surface area contributed by atoms with Gasteiger partial charge < -0.3 is 10.1 Å². The van der Waals surface area contributed by atoms with Crippen LogP contribution in [0.4, 0.5) is 0 Å². The Morgan fingerprint density at radius 3 is 2.92 bits per heavy atom. The predicted octanol–water partition coefficient (Wildman–Crippen LogP) is 3.10. The first-order valence-corrected chi connectivity index (χ1v) is 9.50. The van der Waals surface area contributed by atoms with Crippen molar-refractivity contribution < 1.29 is 9.53 Å². The highest BCUT2D eigenvalue weighted by molar-refractivity contribution is 7.15. The van der Waals surface area contributed by atoms with Crippen molar-refractivity contribution in [3.05, 3.63) is 51.8 Å². The van der Waals surface area contributed by atoms with Crippen LogP contribution in [0.15, 0.2) is 40.6 Å². The Balaban J connectivity index is 1.76. The molecule has 2 heterocycles. The van der Waals surface area contributed by atoms with Gasteiger partial charge in [0.25, 0.3) is 11.5 Å². The highest BCUT2D eigenvalue weighted by Crippen LogP contribution is 2.27. The van der Waals surface area contributed by atoms with Crippen molar-refractivity contribution in [1.29, 1.82) is 0 Å². The zero-order chi connectivity index (χ0) is 18.1. The maximum atomic E-state index is 13.0. The maximum Gasteiger partial charge on any atom is 0.271 e. The summed E-state index contributed by atoms with van der Waals surface area (Å²) in [5.41, 5.74) is 1.28. The fourth-order valence-corrected chi connectivity index (χ4v) is 4.22. The Morgan fingerprint density at radius 1 is 1.35 bits per heavy atom. The number of hydrogen-bond acceptors (Lipinski definition) is 5. The molecule has 0 radical (unpaired) electrons. The van der Waals surface area contributed by atoms with Crippen molar-refractivity contribution in [2.45, 2.75) is 31.7 Å². The lowest BCUT2D eigenvalue weighted by Gasteiger charge is -2.11. The molecule has 0 saturated heterocycles. The van der Waals surface area contributed by atoms with Gasteiger partial charge in [0, 0.05) is 23.2 Å². The van der Waals surface area contributed by atoms with E-state index in [1.54, 1.807) is 7.11 Å². The summed E-state index contributed by atoms with van der Waals surface area (Å²) in [6, 6.07) is 7.63. The van der Waals surface area contributed by atoms with Crippen LogP contribution in [0.3, 0.4) is 0 Å². The van der Waals surface area contributed by atoms with Crippen molar-refractivity contribution in [3.63, 3.8) is 0 Å². The minimum atomic E-state index is -0.343. The molecule has 0 atom stereocenters. The zero-order valence-corrected chi connectivity index (χ0v) is 15.2. The van der Waals surface area contributed by atoms with Gasteiger partial charge in [-0.1, -0.05) is 25.0 Å². The summed E-state index contributed by atoms with van der Waals surface area (Å²) in [7, 11) is 1.60. The maximum absolute atomic E-state index is 13.0. The average Bonchev–Trinajstić information content (AvgIpc) is 3.32. The lowest BCUT2D eigenvalue weighted by atomic mass is 10.1. The van der Waals surface area contributed by atoms with Crippen molar-refractivity contribution in [2.24, 2.45) is 0 Å². The number of carbonyl (C=O) groups is 1. The van der Waals surface area contributed by atoms with Gasteiger partial charge in [-0.25, -0.2) is 4.98 Å². The molecule has 0 spiro atoms. The second-order valence-electron chi connectivity index (χ2n) is 6.40. The molecule has 2 aromatic heterocycles. The quantitative estimate of drug-likeness (QED) is 0.767. The summed E-state index contributed by atoms with van der Waals surface area (Å²) in [5, 5.41) is 4.83. The van der Waals surface area contributed by atoms with Crippen LogP contribution in [0.5, 0.6) is 5.75 Å². The van der Waals surface area contributed by atoms with Crippen molar-refractivity contribution in [1.82, 2.24) is 14.7 Å². The number of nitrogens with zero attached hydrogens (tertiary/aromatic N) is 2. The summed E-state index contributed by atoms with van der Waals surface area (Å²) in [6.07, 6.45) is 5.55. The van der Waals surface area contributed by atoms with Gasteiger partial charge in [0.05, 0.1) is 12.8 Å². The first-order chi connectivity index (χ1) is 12.7. The van der Waals surface area contributed by atoms with E-state index in [4.69, 9.17) is 4.74 Å². The fourth-order valence-electron chi connectivity index (χ4n) is 3.37. The van der Waals surface area contributed by atoms with E-state index >= 15 is 0 Å². The molecule has 1 saturated carbocycles. The van der Waals surface area contributed by atoms with Crippen LogP contribution >= 0.6 is 11.3 Å². The number of hydrogen-bond donors (Lipinski definition) is 1. The molecule has 0 bridgehead atoms. The Kier molecular flexibility index (Phi) is 4.46. The molecule has 3 aromatic rings. The van der Waals surface area contributed by atoms with E-state index < -0.39 is 0 Å². The van der Waals surface area contributed by atoms with Crippen LogP contribution < -0.4 is 15.6 Å². The molecule has 1 N–H and O–H groups in total. The van der Waals surface area contributed by atoms with Crippen LogP contribution in [-0.4, -0.2) is 28.4 Å². The van der Waals surface area contributed by atoms with E-state index in [9.17, 15) is 9.59 Å². The first-order valence-electron chi connectivity index (χ1n) is 8.62. The second-order valence-corrected chi connectivity index (χ2v) is 7.24. The van der Waals surface area contributed by atoms with Gasteiger partial charge in [0.2, 0.25) is 0 Å². The Labute approximate surface area is 154 Å². The molecule has 1 aliphatic carbocycles. The number of fused-ring (bicyclic) bond motifs is 1. The number of methoxy groups -OCH3 is 1. The fraction of sp³-hybridized carbons (Fsp3) is 0.316. The molecule has 1 fully saturated rings. The van der Waals surface area contributed by atoms with Gasteiger partial charge in [-0.05, 0) is 25.0 Å². The summed E-state index contributed by atoms with van der Waals surface area (Å²) >= 11 is 1.37. The van der Waals surface area contributed by atoms with Crippen LogP contribution in [0, 0.1) is 0 Å². The normalized spacial score (nSPS) is 14.7. The van der Waals surface area contributed by atoms with E-state index in [1.165, 1.54) is 21.9 Å². The standard InChI is InChI=1S/C19H19N3O3S/c1-25-14-8-4-5-12(9-14)16-11-26-19-20-10-15(18(24)22(16)19)17(23)21-13-6-2-3-7-13/h4-5,8-11,13H,2-3,6-7H2,1H3,(H,21,23). The lowest BCUT2D eigenvalue weighted by Crippen LogP contribution is -2.37. The third-order valence-electron chi connectivity index (χ3n) is 4.75. The average molecular weight is 369 g/mol. The summed E-state index contributed by atoms with van der Waals surface area (Å²) in [4.78, 5) is 30.4. The molecule has 1 aromatic carbocycles. The third-order valence-corrected chi connectivity index (χ3v) is 5.59. The molecule has 26 heavy (non-hydrogen) atoms. The van der Waals surface area contributed by atoms with E-state index in [1.807, 2.05) is 29.6 Å². The molecule has 1 amide bonds. The Bertz CT molecular complexity index is 1020. The number of thiazole rings is 1. The smallest absolute Gasteiger partial charge is 0.271 e. The SMILES string of the molecule is COc1cccc(-c2csc3ncc(C(=O)NC4CCCC4)c(=O)n23)c1. The van der Waals surface area contributed by atoms with E-state index in [-0.39, 0.29) is 23.1 Å². The van der Waals surface area contributed by atoms with Gasteiger partial charge in [-0.3, -0.25) is 14.0 Å². The molecule has 6 nitrogen and oxygen atoms in total. The van der Waals surface area contributed by atoms with Crippen LogP contribution in [0.1, 0.15) is 36.0 Å².